The number of sulfonamides is 1. The Hall–Kier alpha value is -0.700. The van der Waals surface area contributed by atoms with Crippen molar-refractivity contribution in [2.24, 2.45) is 5.73 Å². The number of carbonyl (C=O) groups is 1. The molecule has 0 aliphatic rings. The fourth-order valence-electron chi connectivity index (χ4n) is 1.39. The van der Waals surface area contributed by atoms with Crippen molar-refractivity contribution < 1.29 is 17.9 Å². The molecule has 0 aromatic heterocycles. The van der Waals surface area contributed by atoms with E-state index in [1.54, 1.807) is 6.92 Å². The molecule has 0 aromatic carbocycles. The third-order valence-electron chi connectivity index (χ3n) is 2.57. The number of ether oxygens (including phenoxy) is 1. The number of likely N-dealkylation sites (N-methyl/N-ethyl adjacent to an activating group) is 1. The molecule has 3 N–H and O–H groups in total. The number of carbonyl (C=O) groups excluding carboxylic acids is 1. The Morgan fingerprint density at radius 1 is 1.50 bits per heavy atom. The van der Waals surface area contributed by atoms with Crippen molar-refractivity contribution in [3.05, 3.63) is 0 Å². The van der Waals surface area contributed by atoms with E-state index in [1.165, 1.54) is 14.2 Å². The highest BCUT2D eigenvalue weighted by molar-refractivity contribution is 7.89. The third kappa shape index (κ3) is 5.30. The molecule has 7 nitrogen and oxygen atoms in total. The van der Waals surface area contributed by atoms with E-state index in [1.807, 2.05) is 0 Å². The van der Waals surface area contributed by atoms with E-state index in [9.17, 15) is 13.2 Å². The lowest BCUT2D eigenvalue weighted by Gasteiger charge is -2.22. The van der Waals surface area contributed by atoms with Gasteiger partial charge in [-0.3, -0.25) is 4.79 Å². The minimum atomic E-state index is -3.51. The van der Waals surface area contributed by atoms with E-state index in [0.717, 1.165) is 4.31 Å². The number of nitrogens with two attached hydrogens (primary N) is 1. The number of nitrogens with zero attached hydrogens (tertiary/aromatic N) is 1. The average Bonchev–Trinajstić information content (AvgIpc) is 2.30. The van der Waals surface area contributed by atoms with E-state index >= 15 is 0 Å². The standard InChI is InChI=1S/C10H23N3O4S/c1-4-9(7-11)18(15,16)13(2)8-10(14)12-5-6-17-3/h9H,4-8,11H2,1-3H3,(H,12,14). The Kier molecular flexibility index (Phi) is 8.08. The molecule has 0 fully saturated rings. The molecule has 1 unspecified atom stereocenters. The summed E-state index contributed by atoms with van der Waals surface area (Å²) >= 11 is 0. The summed E-state index contributed by atoms with van der Waals surface area (Å²) in [6.07, 6.45) is 0.425. The Morgan fingerprint density at radius 3 is 2.56 bits per heavy atom. The molecule has 0 aromatic rings. The van der Waals surface area contributed by atoms with E-state index in [-0.39, 0.29) is 19.0 Å². The van der Waals surface area contributed by atoms with Gasteiger partial charge in [-0.1, -0.05) is 6.92 Å². The molecule has 0 saturated heterocycles. The summed E-state index contributed by atoms with van der Waals surface area (Å²) < 4.78 is 29.8. The minimum absolute atomic E-state index is 0.0501. The Balaban J connectivity index is 4.38. The first-order valence-corrected chi connectivity index (χ1v) is 7.31. The van der Waals surface area contributed by atoms with Crippen LogP contribution in [0.1, 0.15) is 13.3 Å². The van der Waals surface area contributed by atoms with Gasteiger partial charge in [0, 0.05) is 27.2 Å². The highest BCUT2D eigenvalue weighted by atomic mass is 32.2. The van der Waals surface area contributed by atoms with Gasteiger partial charge in [0.05, 0.1) is 18.4 Å². The monoisotopic (exact) mass is 281 g/mol. The largest absolute Gasteiger partial charge is 0.383 e. The zero-order valence-electron chi connectivity index (χ0n) is 11.2. The zero-order chi connectivity index (χ0) is 14.2. The molecular formula is C10H23N3O4S. The third-order valence-corrected chi connectivity index (χ3v) is 4.93. The SMILES string of the molecule is CCC(CN)S(=O)(=O)N(C)CC(=O)NCCOC. The van der Waals surface area contributed by atoms with Crippen LogP contribution in [0.5, 0.6) is 0 Å². The molecule has 1 atom stereocenters. The predicted octanol–water partition coefficient (Wildman–Crippen LogP) is -1.25. The van der Waals surface area contributed by atoms with Crippen molar-refractivity contribution in [3.63, 3.8) is 0 Å². The fourth-order valence-corrected chi connectivity index (χ4v) is 2.86. The van der Waals surface area contributed by atoms with E-state index in [2.05, 4.69) is 5.32 Å². The maximum atomic E-state index is 12.0. The molecule has 0 aliphatic heterocycles. The van der Waals surface area contributed by atoms with Crippen molar-refractivity contribution in [1.82, 2.24) is 9.62 Å². The van der Waals surface area contributed by atoms with Gasteiger partial charge in [-0.05, 0) is 6.42 Å². The van der Waals surface area contributed by atoms with Crippen LogP contribution >= 0.6 is 0 Å². The predicted molar refractivity (Wildman–Crippen MR) is 69.6 cm³/mol. The van der Waals surface area contributed by atoms with Crippen molar-refractivity contribution in [1.29, 1.82) is 0 Å². The Bertz CT molecular complexity index is 341. The van der Waals surface area contributed by atoms with Crippen molar-refractivity contribution in [2.75, 3.05) is 40.4 Å². The first-order valence-electron chi connectivity index (χ1n) is 5.81. The Labute approximate surface area is 109 Å². The van der Waals surface area contributed by atoms with Crippen molar-refractivity contribution in [3.8, 4) is 0 Å². The lowest BCUT2D eigenvalue weighted by atomic mass is 10.3. The second-order valence-corrected chi connectivity index (χ2v) is 6.23. The maximum absolute atomic E-state index is 12.0. The molecule has 0 rings (SSSR count). The minimum Gasteiger partial charge on any atom is -0.383 e. The molecule has 0 spiro atoms. The van der Waals surface area contributed by atoms with Crippen LogP contribution in [0.2, 0.25) is 0 Å². The molecule has 0 radical (unpaired) electrons. The average molecular weight is 281 g/mol. The lowest BCUT2D eigenvalue weighted by molar-refractivity contribution is -0.121. The summed E-state index contributed by atoms with van der Waals surface area (Å²) in [7, 11) is -0.608. The Morgan fingerprint density at radius 2 is 2.11 bits per heavy atom. The first-order chi connectivity index (χ1) is 8.39. The number of rotatable bonds is 9. The molecule has 0 aliphatic carbocycles. The number of methoxy groups -OCH3 is 1. The number of hydrogen-bond acceptors (Lipinski definition) is 5. The second kappa shape index (κ2) is 8.41. The summed E-state index contributed by atoms with van der Waals surface area (Å²) in [5.41, 5.74) is 5.41. The van der Waals surface area contributed by atoms with E-state index < -0.39 is 15.3 Å². The van der Waals surface area contributed by atoms with Crippen molar-refractivity contribution in [2.45, 2.75) is 18.6 Å². The van der Waals surface area contributed by atoms with Gasteiger partial charge in [-0.2, -0.15) is 4.31 Å². The molecule has 1 amide bonds. The van der Waals surface area contributed by atoms with Gasteiger partial charge in [0.2, 0.25) is 15.9 Å². The van der Waals surface area contributed by atoms with E-state index in [0.29, 0.717) is 19.6 Å². The van der Waals surface area contributed by atoms with Gasteiger partial charge in [0.15, 0.2) is 0 Å². The molecular weight excluding hydrogens is 258 g/mol. The van der Waals surface area contributed by atoms with Crippen LogP contribution in [0.3, 0.4) is 0 Å². The fraction of sp³-hybridized carbons (Fsp3) is 0.900. The van der Waals surface area contributed by atoms with Gasteiger partial charge < -0.3 is 15.8 Å². The van der Waals surface area contributed by atoms with Crippen molar-refractivity contribution >= 4 is 15.9 Å². The summed E-state index contributed by atoms with van der Waals surface area (Å²) in [4.78, 5) is 11.5. The number of amides is 1. The van der Waals surface area contributed by atoms with Gasteiger partial charge in [-0.15, -0.1) is 0 Å². The number of nitrogens with one attached hydrogen (secondary N) is 1. The molecule has 0 saturated carbocycles. The second-order valence-electron chi connectivity index (χ2n) is 3.91. The highest BCUT2D eigenvalue weighted by Gasteiger charge is 2.28. The van der Waals surface area contributed by atoms with Crippen LogP contribution in [0.4, 0.5) is 0 Å². The number of hydrogen-bond donors (Lipinski definition) is 2. The normalized spacial score (nSPS) is 13.6. The molecule has 0 bridgehead atoms. The molecule has 8 heteroatoms. The topological polar surface area (TPSA) is 102 Å². The van der Waals surface area contributed by atoms with Crippen LogP contribution in [0, 0.1) is 0 Å². The van der Waals surface area contributed by atoms with Crippen LogP contribution in [-0.2, 0) is 19.6 Å². The van der Waals surface area contributed by atoms with Crippen LogP contribution < -0.4 is 11.1 Å². The van der Waals surface area contributed by atoms with E-state index in [4.69, 9.17) is 10.5 Å². The summed E-state index contributed by atoms with van der Waals surface area (Å²) in [5, 5.41) is 1.92. The maximum Gasteiger partial charge on any atom is 0.235 e. The summed E-state index contributed by atoms with van der Waals surface area (Å²) in [6, 6.07) is 0. The van der Waals surface area contributed by atoms with Crippen LogP contribution in [0.25, 0.3) is 0 Å². The zero-order valence-corrected chi connectivity index (χ0v) is 12.0. The molecule has 108 valence electrons. The summed E-state index contributed by atoms with van der Waals surface area (Å²) in [6.45, 7) is 2.35. The quantitative estimate of drug-likeness (QED) is 0.514. The first kappa shape index (κ1) is 17.3. The molecule has 18 heavy (non-hydrogen) atoms. The smallest absolute Gasteiger partial charge is 0.235 e. The van der Waals surface area contributed by atoms with Crippen LogP contribution in [0.15, 0.2) is 0 Å². The van der Waals surface area contributed by atoms with Gasteiger partial charge in [-0.25, -0.2) is 8.42 Å². The lowest BCUT2D eigenvalue weighted by Crippen LogP contribution is -2.44. The van der Waals surface area contributed by atoms with Crippen LogP contribution in [-0.4, -0.2) is 64.3 Å². The van der Waals surface area contributed by atoms with Gasteiger partial charge >= 0.3 is 0 Å². The van der Waals surface area contributed by atoms with Gasteiger partial charge in [0.25, 0.3) is 0 Å². The van der Waals surface area contributed by atoms with Gasteiger partial charge in [0.1, 0.15) is 0 Å². The molecule has 0 heterocycles. The summed E-state index contributed by atoms with van der Waals surface area (Å²) in [5.74, 6) is -0.356. The highest BCUT2D eigenvalue weighted by Crippen LogP contribution is 2.09.